The molecule has 0 saturated heterocycles. The Morgan fingerprint density at radius 2 is 0.932 bits per heavy atom. The number of hydrogen-bond donors (Lipinski definition) is 3. The maximum atomic E-state index is 14.1. The van der Waals surface area contributed by atoms with Gasteiger partial charge in [-0.2, -0.15) is 26.3 Å². The van der Waals surface area contributed by atoms with Gasteiger partial charge in [0, 0.05) is 13.3 Å². The summed E-state index contributed by atoms with van der Waals surface area (Å²) < 4.78 is 98.1. The van der Waals surface area contributed by atoms with Crippen LogP contribution in [0.15, 0.2) is 97.1 Å². The SMILES string of the molecule is CCC(CC(CC(C)c1ccc(O)cc1)c1ccc(OC)cc1)(OC(C)=O)C(F)(F)F.CCC(O)(CC(CC(C)c1ccc(O)cc1)c1ccc(OC)cc1)C(F)(F)F. The second-order valence-electron chi connectivity index (χ2n) is 15.1. The van der Waals surface area contributed by atoms with Crippen LogP contribution in [-0.2, 0) is 9.53 Å². The van der Waals surface area contributed by atoms with Gasteiger partial charge in [-0.3, -0.25) is 4.79 Å². The molecule has 59 heavy (non-hydrogen) atoms. The summed E-state index contributed by atoms with van der Waals surface area (Å²) in [6, 6.07) is 27.1. The summed E-state index contributed by atoms with van der Waals surface area (Å²) in [7, 11) is 3.05. The van der Waals surface area contributed by atoms with Crippen molar-refractivity contribution in [3.8, 4) is 23.0 Å². The van der Waals surface area contributed by atoms with Gasteiger partial charge in [0.2, 0.25) is 5.60 Å². The monoisotopic (exact) mass is 834 g/mol. The van der Waals surface area contributed by atoms with Gasteiger partial charge in [0.15, 0.2) is 5.60 Å². The predicted molar refractivity (Wildman–Crippen MR) is 215 cm³/mol. The van der Waals surface area contributed by atoms with E-state index in [-0.39, 0.29) is 36.2 Å². The van der Waals surface area contributed by atoms with Gasteiger partial charge in [0.1, 0.15) is 23.0 Å². The topological polar surface area (TPSA) is 105 Å². The third-order valence-corrected chi connectivity index (χ3v) is 11.1. The number of phenolic OH excluding ortho intramolecular Hbond substituents is 2. The van der Waals surface area contributed by atoms with Crippen LogP contribution in [0.2, 0.25) is 0 Å². The normalized spacial score (nSPS) is 15.9. The van der Waals surface area contributed by atoms with Crippen molar-refractivity contribution in [1.29, 1.82) is 0 Å². The summed E-state index contributed by atoms with van der Waals surface area (Å²) in [5.74, 6) is -0.645. The highest BCUT2D eigenvalue weighted by atomic mass is 19.4. The van der Waals surface area contributed by atoms with E-state index in [9.17, 15) is 46.5 Å². The summed E-state index contributed by atoms with van der Waals surface area (Å²) in [4.78, 5) is 11.6. The molecule has 0 aliphatic carbocycles. The van der Waals surface area contributed by atoms with Crippen LogP contribution in [0.3, 0.4) is 0 Å². The molecule has 4 rings (SSSR count). The predicted octanol–water partition coefficient (Wildman–Crippen LogP) is 12.1. The Bertz CT molecular complexity index is 1860. The van der Waals surface area contributed by atoms with Gasteiger partial charge in [-0.05, 0) is 127 Å². The van der Waals surface area contributed by atoms with E-state index in [0.717, 1.165) is 23.6 Å². The van der Waals surface area contributed by atoms with Gasteiger partial charge in [0.25, 0.3) is 0 Å². The van der Waals surface area contributed by atoms with Crippen LogP contribution in [0.4, 0.5) is 26.3 Å². The van der Waals surface area contributed by atoms with Gasteiger partial charge in [0.05, 0.1) is 14.2 Å². The van der Waals surface area contributed by atoms with Gasteiger partial charge in [-0.25, -0.2) is 0 Å². The first-order chi connectivity index (χ1) is 27.6. The molecule has 6 unspecified atom stereocenters. The maximum Gasteiger partial charge on any atom is 0.428 e. The number of phenols is 2. The van der Waals surface area contributed by atoms with E-state index in [2.05, 4.69) is 0 Å². The minimum Gasteiger partial charge on any atom is -0.508 e. The standard InChI is InChI=1S/C24H29F3O4.C22H27F3O3/c1-5-23(24(25,26)27,31-17(3)28)15-20(19-8-12-22(30-4)13-9-19)14-16(2)18-6-10-21(29)11-7-18;1-4-21(27,22(23,24)25)14-18(17-7-11-20(28-3)12-8-17)13-15(2)16-5-9-19(26)10-6-16/h6-13,16,20,29H,5,14-15H2,1-4H3;5-12,15,18,26-27H,4,13-14H2,1-3H3. The summed E-state index contributed by atoms with van der Waals surface area (Å²) in [6.07, 6.45) is -10.2. The van der Waals surface area contributed by atoms with Crippen LogP contribution in [0, 0.1) is 0 Å². The van der Waals surface area contributed by atoms with Crippen molar-refractivity contribution < 1.29 is 60.7 Å². The maximum absolute atomic E-state index is 14.1. The largest absolute Gasteiger partial charge is 0.508 e. The zero-order chi connectivity index (χ0) is 44.2. The molecule has 4 aromatic carbocycles. The molecule has 0 saturated carbocycles. The van der Waals surface area contributed by atoms with Gasteiger partial charge in [-0.1, -0.05) is 76.2 Å². The number of rotatable bonds is 17. The number of halogens is 6. The molecule has 0 bridgehead atoms. The van der Waals surface area contributed by atoms with E-state index >= 15 is 0 Å². The van der Waals surface area contributed by atoms with Crippen LogP contribution >= 0.6 is 0 Å². The molecule has 0 aromatic heterocycles. The molecular formula is C46H56F6O7. The number of methoxy groups -OCH3 is 2. The van der Waals surface area contributed by atoms with Crippen molar-refractivity contribution in [1.82, 2.24) is 0 Å². The second-order valence-corrected chi connectivity index (χ2v) is 15.1. The summed E-state index contributed by atoms with van der Waals surface area (Å²) in [5.41, 5.74) is -2.06. The fourth-order valence-corrected chi connectivity index (χ4v) is 7.33. The fraction of sp³-hybridized carbons (Fsp3) is 0.457. The lowest BCUT2D eigenvalue weighted by Gasteiger charge is -2.37. The highest BCUT2D eigenvalue weighted by molar-refractivity contribution is 5.66. The Balaban J connectivity index is 0.000000317. The first-order valence-electron chi connectivity index (χ1n) is 19.5. The van der Waals surface area contributed by atoms with Crippen molar-refractivity contribution in [2.24, 2.45) is 0 Å². The molecule has 13 heteroatoms. The minimum atomic E-state index is -4.71. The third-order valence-electron chi connectivity index (χ3n) is 11.1. The lowest BCUT2D eigenvalue weighted by Crippen LogP contribution is -2.49. The number of benzene rings is 4. The molecule has 3 N–H and O–H groups in total. The van der Waals surface area contributed by atoms with E-state index in [1.807, 2.05) is 13.8 Å². The lowest BCUT2D eigenvalue weighted by molar-refractivity contribution is -0.274. The average molecular weight is 835 g/mol. The van der Waals surface area contributed by atoms with E-state index < -0.39 is 54.2 Å². The number of carbonyl (C=O) groups is 1. The Morgan fingerprint density at radius 3 is 1.22 bits per heavy atom. The molecule has 4 aromatic rings. The molecule has 7 nitrogen and oxygen atoms in total. The number of aromatic hydroxyl groups is 2. The van der Waals surface area contributed by atoms with E-state index in [1.165, 1.54) is 28.1 Å². The van der Waals surface area contributed by atoms with Crippen molar-refractivity contribution >= 4 is 5.97 Å². The second kappa shape index (κ2) is 20.9. The summed E-state index contributed by atoms with van der Waals surface area (Å²) >= 11 is 0. The van der Waals surface area contributed by atoms with Crippen LogP contribution in [0.25, 0.3) is 0 Å². The van der Waals surface area contributed by atoms with Crippen LogP contribution in [-0.4, -0.2) is 59.1 Å². The molecule has 6 atom stereocenters. The first kappa shape index (κ1) is 48.5. The number of hydrogen-bond acceptors (Lipinski definition) is 7. The highest BCUT2D eigenvalue weighted by Crippen LogP contribution is 2.47. The van der Waals surface area contributed by atoms with Crippen molar-refractivity contribution in [2.75, 3.05) is 14.2 Å². The smallest absolute Gasteiger partial charge is 0.428 e. The molecule has 0 spiro atoms. The third kappa shape index (κ3) is 13.3. The zero-order valence-electron chi connectivity index (χ0n) is 34.5. The van der Waals surface area contributed by atoms with Crippen LogP contribution in [0.5, 0.6) is 23.0 Å². The van der Waals surface area contributed by atoms with E-state index in [0.29, 0.717) is 29.9 Å². The highest BCUT2D eigenvalue weighted by Gasteiger charge is 2.57. The number of esters is 1. The number of aliphatic hydroxyl groups is 1. The molecule has 0 amide bonds. The van der Waals surface area contributed by atoms with Gasteiger partial charge >= 0.3 is 18.3 Å². The summed E-state index contributed by atoms with van der Waals surface area (Å²) in [5, 5.41) is 29.3. The zero-order valence-corrected chi connectivity index (χ0v) is 34.5. The Labute approximate surface area is 343 Å². The lowest BCUT2D eigenvalue weighted by atomic mass is 9.78. The Hall–Kier alpha value is -4.91. The molecule has 0 heterocycles. The Kier molecular flexibility index (Phi) is 17.1. The number of carbonyl (C=O) groups excluding carboxylic acids is 1. The van der Waals surface area contributed by atoms with Gasteiger partial charge < -0.3 is 29.5 Å². The molecule has 0 radical (unpaired) electrons. The minimum absolute atomic E-state index is 0.0537. The molecule has 0 aliphatic rings. The quantitative estimate of drug-likeness (QED) is 0.0718. The van der Waals surface area contributed by atoms with E-state index in [1.54, 1.807) is 97.1 Å². The average Bonchev–Trinajstić information content (AvgIpc) is 3.19. The van der Waals surface area contributed by atoms with E-state index in [4.69, 9.17) is 14.2 Å². The number of alkyl halides is 6. The van der Waals surface area contributed by atoms with Crippen molar-refractivity contribution in [2.45, 2.75) is 120 Å². The Morgan fingerprint density at radius 1 is 0.576 bits per heavy atom. The fourth-order valence-electron chi connectivity index (χ4n) is 7.33. The first-order valence-corrected chi connectivity index (χ1v) is 19.5. The van der Waals surface area contributed by atoms with Crippen LogP contribution < -0.4 is 9.47 Å². The van der Waals surface area contributed by atoms with Crippen molar-refractivity contribution in [3.63, 3.8) is 0 Å². The summed E-state index contributed by atoms with van der Waals surface area (Å²) in [6.45, 7) is 7.59. The molecule has 0 aliphatic heterocycles. The molecule has 0 fully saturated rings. The molecular weight excluding hydrogens is 778 g/mol. The van der Waals surface area contributed by atoms with Crippen LogP contribution in [0.1, 0.15) is 119 Å². The van der Waals surface area contributed by atoms with Crippen molar-refractivity contribution in [3.05, 3.63) is 119 Å². The van der Waals surface area contributed by atoms with Gasteiger partial charge in [-0.15, -0.1) is 0 Å². The molecule has 324 valence electrons. The number of ether oxygens (including phenoxy) is 3.